The average Bonchev–Trinajstić information content (AvgIpc) is 2.40. The van der Waals surface area contributed by atoms with Crippen molar-refractivity contribution < 1.29 is 13.5 Å². The van der Waals surface area contributed by atoms with E-state index in [-0.39, 0.29) is 0 Å². The minimum atomic E-state index is -2.83. The van der Waals surface area contributed by atoms with E-state index in [1.807, 2.05) is 0 Å². The minimum absolute atomic E-state index is 0.295. The number of rotatable bonds is 4. The van der Waals surface area contributed by atoms with Crippen molar-refractivity contribution in [3.05, 3.63) is 0 Å². The van der Waals surface area contributed by atoms with Crippen LogP contribution >= 0.6 is 31.9 Å². The molecule has 5 heteroatoms. The Hall–Kier alpha value is 0.780. The molecule has 1 heterocycles. The first-order chi connectivity index (χ1) is 9.36. The first-order valence-corrected chi connectivity index (χ1v) is 9.31. The summed E-state index contributed by atoms with van der Waals surface area (Å²) >= 11 is 5.79. The summed E-state index contributed by atoms with van der Waals surface area (Å²) in [7, 11) is 0. The fourth-order valence-electron chi connectivity index (χ4n) is 3.59. The number of ether oxygens (including phenoxy) is 1. The molecule has 1 nitrogen and oxygen atoms in total. The highest BCUT2D eigenvalue weighted by Gasteiger charge is 2.52. The molecular formula is C15H24Br2F2O. The summed E-state index contributed by atoms with van der Waals surface area (Å²) in [5.74, 6) is 1.17. The Morgan fingerprint density at radius 2 is 1.85 bits per heavy atom. The fraction of sp³-hybridized carbons (Fsp3) is 1.00. The second-order valence-electron chi connectivity index (χ2n) is 6.40. The van der Waals surface area contributed by atoms with Crippen LogP contribution in [0, 0.1) is 11.8 Å². The van der Waals surface area contributed by atoms with E-state index in [1.54, 1.807) is 0 Å². The van der Waals surface area contributed by atoms with Crippen LogP contribution in [0.15, 0.2) is 0 Å². The molecule has 1 saturated carbocycles. The van der Waals surface area contributed by atoms with E-state index < -0.39 is 9.16 Å². The van der Waals surface area contributed by atoms with E-state index in [0.717, 1.165) is 25.9 Å². The van der Waals surface area contributed by atoms with Gasteiger partial charge in [0.05, 0.1) is 10.4 Å². The predicted octanol–water partition coefficient (Wildman–Crippen LogP) is 5.89. The molecule has 1 aliphatic heterocycles. The molecule has 2 atom stereocenters. The Morgan fingerprint density at radius 1 is 1.20 bits per heavy atom. The van der Waals surface area contributed by atoms with E-state index in [0.29, 0.717) is 30.8 Å². The van der Waals surface area contributed by atoms with Crippen molar-refractivity contribution >= 4 is 31.9 Å². The van der Waals surface area contributed by atoms with E-state index in [2.05, 4.69) is 38.8 Å². The third-order valence-electron chi connectivity index (χ3n) is 4.96. The second-order valence-corrected chi connectivity index (χ2v) is 8.92. The number of hydrogen-bond donors (Lipinski definition) is 0. The van der Waals surface area contributed by atoms with Gasteiger partial charge in [0, 0.05) is 6.61 Å². The Bertz CT molecular complexity index is 303. The summed E-state index contributed by atoms with van der Waals surface area (Å²) in [6.07, 6.45) is 7.78. The van der Waals surface area contributed by atoms with Crippen LogP contribution in [0.25, 0.3) is 0 Å². The lowest BCUT2D eigenvalue weighted by molar-refractivity contribution is -0.0643. The van der Waals surface area contributed by atoms with Crippen molar-refractivity contribution in [2.24, 2.45) is 11.8 Å². The Balaban J connectivity index is 1.80. The van der Waals surface area contributed by atoms with Gasteiger partial charge >= 0.3 is 4.83 Å². The zero-order valence-corrected chi connectivity index (χ0v) is 15.2. The molecule has 0 aromatic heterocycles. The maximum absolute atomic E-state index is 13.5. The van der Waals surface area contributed by atoms with Crippen molar-refractivity contribution in [3.63, 3.8) is 0 Å². The largest absolute Gasteiger partial charge is 0.378 e. The summed E-state index contributed by atoms with van der Waals surface area (Å²) in [4.78, 5) is -2.83. The van der Waals surface area contributed by atoms with Gasteiger partial charge in [0.25, 0.3) is 0 Å². The van der Waals surface area contributed by atoms with Crippen LogP contribution in [0.3, 0.4) is 0 Å². The van der Waals surface area contributed by atoms with Crippen molar-refractivity contribution in [2.45, 2.75) is 73.6 Å². The molecule has 0 aromatic rings. The van der Waals surface area contributed by atoms with Crippen LogP contribution in [0.1, 0.15) is 58.3 Å². The van der Waals surface area contributed by atoms with Gasteiger partial charge in [-0.25, -0.2) is 0 Å². The summed E-state index contributed by atoms with van der Waals surface area (Å²) in [6, 6.07) is 0. The van der Waals surface area contributed by atoms with Crippen molar-refractivity contribution in [3.8, 4) is 0 Å². The van der Waals surface area contributed by atoms with E-state index in [1.165, 1.54) is 19.3 Å². The quantitative estimate of drug-likeness (QED) is 0.518. The van der Waals surface area contributed by atoms with Gasteiger partial charge in [-0.2, -0.15) is 8.78 Å². The lowest BCUT2D eigenvalue weighted by atomic mass is 9.77. The third kappa shape index (κ3) is 3.95. The molecule has 2 rings (SSSR count). The van der Waals surface area contributed by atoms with Gasteiger partial charge in [-0.15, -0.1) is 0 Å². The summed E-state index contributed by atoms with van der Waals surface area (Å²) in [6.45, 7) is 3.08. The van der Waals surface area contributed by atoms with Gasteiger partial charge in [0.2, 0.25) is 0 Å². The molecule has 2 unspecified atom stereocenters. The first-order valence-electron chi connectivity index (χ1n) is 7.73. The van der Waals surface area contributed by atoms with Gasteiger partial charge in [-0.05, 0) is 72.7 Å². The molecule has 1 saturated heterocycles. The van der Waals surface area contributed by atoms with Gasteiger partial charge in [0.15, 0.2) is 0 Å². The van der Waals surface area contributed by atoms with Gasteiger partial charge in [-0.3, -0.25) is 0 Å². The zero-order chi connectivity index (χ0) is 14.8. The van der Waals surface area contributed by atoms with Crippen molar-refractivity contribution in [1.82, 2.24) is 0 Å². The van der Waals surface area contributed by atoms with Gasteiger partial charge < -0.3 is 4.74 Å². The molecule has 1 aliphatic carbocycles. The summed E-state index contributed by atoms with van der Waals surface area (Å²) < 4.78 is 32.0. The number of alkyl halides is 4. The van der Waals surface area contributed by atoms with Crippen LogP contribution in [-0.4, -0.2) is 21.9 Å². The SMILES string of the molecule is CCCC1CCC(C2CCC(Br)(C(F)(F)Br)CC2)OC1. The molecule has 0 N–H and O–H groups in total. The van der Waals surface area contributed by atoms with Gasteiger partial charge in [-0.1, -0.05) is 29.3 Å². The van der Waals surface area contributed by atoms with Crippen LogP contribution < -0.4 is 0 Å². The van der Waals surface area contributed by atoms with Crippen LogP contribution in [0.4, 0.5) is 8.78 Å². The molecule has 20 heavy (non-hydrogen) atoms. The third-order valence-corrected chi connectivity index (χ3v) is 7.54. The average molecular weight is 418 g/mol. The van der Waals surface area contributed by atoms with E-state index in [9.17, 15) is 8.78 Å². The first kappa shape index (κ1) is 17.1. The molecule has 0 amide bonds. The standard InChI is InChI=1S/C15H24Br2F2O/c1-2-3-11-4-5-13(20-10-11)12-6-8-14(16,9-7-12)15(17,18)19/h11-13H,2-10H2,1H3. The lowest BCUT2D eigenvalue weighted by Gasteiger charge is -2.42. The van der Waals surface area contributed by atoms with Crippen LogP contribution in [-0.2, 0) is 4.74 Å². The van der Waals surface area contributed by atoms with Crippen LogP contribution in [0.2, 0.25) is 0 Å². The van der Waals surface area contributed by atoms with Crippen molar-refractivity contribution in [2.75, 3.05) is 6.61 Å². The van der Waals surface area contributed by atoms with E-state index in [4.69, 9.17) is 4.74 Å². The topological polar surface area (TPSA) is 9.23 Å². The Morgan fingerprint density at radius 3 is 2.30 bits per heavy atom. The van der Waals surface area contributed by atoms with Crippen LogP contribution in [0.5, 0.6) is 0 Å². The molecule has 2 fully saturated rings. The predicted molar refractivity (Wildman–Crippen MR) is 84.9 cm³/mol. The molecule has 0 radical (unpaired) electrons. The Labute approximate surface area is 137 Å². The molecule has 0 bridgehead atoms. The number of halogens is 4. The maximum Gasteiger partial charge on any atom is 0.316 e. The normalized spacial score (nSPS) is 39.8. The van der Waals surface area contributed by atoms with Crippen molar-refractivity contribution in [1.29, 1.82) is 0 Å². The van der Waals surface area contributed by atoms with E-state index >= 15 is 0 Å². The molecule has 0 spiro atoms. The summed E-state index contributed by atoms with van der Waals surface area (Å²) in [5.41, 5.74) is 0. The highest BCUT2D eigenvalue weighted by atomic mass is 79.9. The highest BCUT2D eigenvalue weighted by Crippen LogP contribution is 2.52. The lowest BCUT2D eigenvalue weighted by Crippen LogP contribution is -2.44. The maximum atomic E-state index is 13.5. The molecule has 118 valence electrons. The smallest absolute Gasteiger partial charge is 0.316 e. The fourth-order valence-corrected chi connectivity index (χ4v) is 4.44. The summed E-state index contributed by atoms with van der Waals surface area (Å²) in [5, 5.41) is 0. The molecule has 2 aliphatic rings. The minimum Gasteiger partial charge on any atom is -0.378 e. The molecular weight excluding hydrogens is 394 g/mol. The second kappa shape index (κ2) is 6.91. The molecule has 0 aromatic carbocycles. The monoisotopic (exact) mass is 416 g/mol. The van der Waals surface area contributed by atoms with Gasteiger partial charge in [0.1, 0.15) is 0 Å². The zero-order valence-electron chi connectivity index (χ0n) is 12.0. The Kier molecular flexibility index (Phi) is 5.92. The number of hydrogen-bond acceptors (Lipinski definition) is 1. The highest BCUT2D eigenvalue weighted by molar-refractivity contribution is 9.12.